The molecule has 0 aromatic heterocycles. The minimum atomic E-state index is 0.570. The van der Waals surface area contributed by atoms with Crippen molar-refractivity contribution in [2.45, 2.75) is 126 Å². The molecule has 0 spiro atoms. The quantitative estimate of drug-likeness (QED) is 0.443. The van der Waals surface area contributed by atoms with Crippen molar-refractivity contribution in [2.75, 3.05) is 0 Å². The van der Waals surface area contributed by atoms with Gasteiger partial charge in [-0.15, -0.1) is 0 Å². The van der Waals surface area contributed by atoms with Crippen molar-refractivity contribution in [1.82, 2.24) is 0 Å². The molecule has 0 aromatic rings. The van der Waals surface area contributed by atoms with Gasteiger partial charge in [0, 0.05) is 0 Å². The van der Waals surface area contributed by atoms with Crippen LogP contribution in [0.15, 0.2) is 0 Å². The second-order valence-corrected chi connectivity index (χ2v) is 11.6. The Morgan fingerprint density at radius 2 is 0.840 bits per heavy atom. The molecule has 150 valence electrons. The number of hydrogen-bond donors (Lipinski definition) is 0. The standard InChI is InChI=1S/C10H20.C9H18.C6H12/c1-10(2,3)9-7-5-4-6-8-9;1-9(2,3)8-6-4-5-7-8;1-5(2)6-3-4-6/h9H,4-8H2,1-3H3;8H,4-7H2,1-3H3;5-6H,3-4H2,1-2H3. The van der Waals surface area contributed by atoms with Crippen LogP contribution >= 0.6 is 0 Å². The van der Waals surface area contributed by atoms with Crippen molar-refractivity contribution >= 4 is 0 Å². The third-order valence-electron chi connectivity index (χ3n) is 6.97. The van der Waals surface area contributed by atoms with Gasteiger partial charge in [0.05, 0.1) is 0 Å². The van der Waals surface area contributed by atoms with Gasteiger partial charge >= 0.3 is 0 Å². The van der Waals surface area contributed by atoms with E-state index in [-0.39, 0.29) is 0 Å². The van der Waals surface area contributed by atoms with Gasteiger partial charge in [-0.1, -0.05) is 87.5 Å². The van der Waals surface area contributed by atoms with E-state index in [1.54, 1.807) is 0 Å². The van der Waals surface area contributed by atoms with E-state index in [1.165, 1.54) is 70.6 Å². The van der Waals surface area contributed by atoms with Gasteiger partial charge in [0.25, 0.3) is 0 Å². The Kier molecular flexibility index (Phi) is 9.55. The molecule has 3 aliphatic carbocycles. The second-order valence-electron chi connectivity index (χ2n) is 11.6. The minimum Gasteiger partial charge on any atom is -0.0625 e. The van der Waals surface area contributed by atoms with Crippen LogP contribution in [0.25, 0.3) is 0 Å². The molecule has 0 aromatic carbocycles. The Morgan fingerprint density at radius 3 is 1.00 bits per heavy atom. The molecule has 3 saturated carbocycles. The Hall–Kier alpha value is 0. The minimum absolute atomic E-state index is 0.570. The van der Waals surface area contributed by atoms with Crippen LogP contribution in [0.5, 0.6) is 0 Å². The zero-order chi connectivity index (χ0) is 19.1. The average Bonchev–Trinajstić information content (AvgIpc) is 3.22. The van der Waals surface area contributed by atoms with E-state index in [0.29, 0.717) is 10.8 Å². The molecule has 0 nitrogen and oxygen atoms in total. The molecule has 0 atom stereocenters. The predicted molar refractivity (Wildman–Crippen MR) is 115 cm³/mol. The number of hydrogen-bond acceptors (Lipinski definition) is 0. The van der Waals surface area contributed by atoms with Crippen molar-refractivity contribution in [3.8, 4) is 0 Å². The third-order valence-corrected chi connectivity index (χ3v) is 6.97. The van der Waals surface area contributed by atoms with E-state index < -0.39 is 0 Å². The highest BCUT2D eigenvalue weighted by molar-refractivity contribution is 4.78. The average molecular weight is 351 g/mol. The first kappa shape index (κ1) is 23.0. The van der Waals surface area contributed by atoms with Crippen LogP contribution in [0.3, 0.4) is 0 Å². The molecule has 0 amide bonds. The molecule has 0 bridgehead atoms. The summed E-state index contributed by atoms with van der Waals surface area (Å²) in [6, 6.07) is 0. The molecule has 3 rings (SSSR count). The lowest BCUT2D eigenvalue weighted by Crippen LogP contribution is -2.22. The topological polar surface area (TPSA) is 0 Å². The molecule has 0 aliphatic heterocycles. The Labute approximate surface area is 160 Å². The smallest absolute Gasteiger partial charge is 0.0354 e. The fourth-order valence-corrected chi connectivity index (χ4v) is 4.52. The molecular weight excluding hydrogens is 300 g/mol. The van der Waals surface area contributed by atoms with Crippen molar-refractivity contribution in [3.05, 3.63) is 0 Å². The lowest BCUT2D eigenvalue weighted by Gasteiger charge is -2.33. The summed E-state index contributed by atoms with van der Waals surface area (Å²) in [5.41, 5.74) is 1.15. The summed E-state index contributed by atoms with van der Waals surface area (Å²) in [4.78, 5) is 0. The van der Waals surface area contributed by atoms with Crippen LogP contribution in [0, 0.1) is 34.5 Å². The van der Waals surface area contributed by atoms with Gasteiger partial charge in [-0.2, -0.15) is 0 Å². The first-order chi connectivity index (χ1) is 11.5. The van der Waals surface area contributed by atoms with E-state index in [0.717, 1.165) is 23.7 Å². The summed E-state index contributed by atoms with van der Waals surface area (Å²) in [6.45, 7) is 18.8. The largest absolute Gasteiger partial charge is 0.0625 e. The van der Waals surface area contributed by atoms with Crippen molar-refractivity contribution in [3.63, 3.8) is 0 Å². The van der Waals surface area contributed by atoms with Crippen molar-refractivity contribution in [1.29, 1.82) is 0 Å². The summed E-state index contributed by atoms with van der Waals surface area (Å²) in [6.07, 6.45) is 16.3. The van der Waals surface area contributed by atoms with Gasteiger partial charge in [0.1, 0.15) is 0 Å². The predicted octanol–water partition coefficient (Wildman–Crippen LogP) is 8.89. The zero-order valence-corrected chi connectivity index (χ0v) is 19.1. The lowest BCUT2D eigenvalue weighted by atomic mass is 9.72. The van der Waals surface area contributed by atoms with Crippen LogP contribution in [-0.4, -0.2) is 0 Å². The van der Waals surface area contributed by atoms with Crippen molar-refractivity contribution < 1.29 is 0 Å². The van der Waals surface area contributed by atoms with Gasteiger partial charge in [0.15, 0.2) is 0 Å². The van der Waals surface area contributed by atoms with Crippen molar-refractivity contribution in [2.24, 2.45) is 34.5 Å². The number of rotatable bonds is 1. The molecular formula is C25H50. The zero-order valence-electron chi connectivity index (χ0n) is 19.1. The highest BCUT2D eigenvalue weighted by Gasteiger charge is 2.27. The highest BCUT2D eigenvalue weighted by atomic mass is 14.3. The maximum absolute atomic E-state index is 2.38. The third kappa shape index (κ3) is 10.0. The molecule has 0 saturated heterocycles. The molecule has 25 heavy (non-hydrogen) atoms. The van der Waals surface area contributed by atoms with Gasteiger partial charge in [-0.05, 0) is 73.0 Å². The van der Waals surface area contributed by atoms with Gasteiger partial charge in [0.2, 0.25) is 0 Å². The highest BCUT2D eigenvalue weighted by Crippen LogP contribution is 2.39. The normalized spacial score (nSPS) is 22.9. The van der Waals surface area contributed by atoms with Crippen LogP contribution in [0.1, 0.15) is 126 Å². The fourth-order valence-electron chi connectivity index (χ4n) is 4.52. The molecule has 0 heteroatoms. The summed E-state index contributed by atoms with van der Waals surface area (Å²) in [5, 5.41) is 0. The molecule has 3 fully saturated rings. The lowest BCUT2D eigenvalue weighted by molar-refractivity contribution is 0.180. The fraction of sp³-hybridized carbons (Fsp3) is 1.00. The molecule has 3 aliphatic rings. The molecule has 0 radical (unpaired) electrons. The van der Waals surface area contributed by atoms with Crippen LogP contribution in [0.2, 0.25) is 0 Å². The van der Waals surface area contributed by atoms with E-state index in [1.807, 2.05) is 0 Å². The van der Waals surface area contributed by atoms with E-state index in [2.05, 4.69) is 55.4 Å². The van der Waals surface area contributed by atoms with E-state index in [9.17, 15) is 0 Å². The molecule has 0 unspecified atom stereocenters. The molecule has 0 heterocycles. The van der Waals surface area contributed by atoms with Crippen LogP contribution in [0.4, 0.5) is 0 Å². The Bertz CT molecular complexity index is 322. The van der Waals surface area contributed by atoms with E-state index in [4.69, 9.17) is 0 Å². The Balaban J connectivity index is 0.000000193. The van der Waals surface area contributed by atoms with Crippen LogP contribution < -0.4 is 0 Å². The van der Waals surface area contributed by atoms with Gasteiger partial charge < -0.3 is 0 Å². The maximum Gasteiger partial charge on any atom is -0.0354 e. The van der Waals surface area contributed by atoms with Gasteiger partial charge in [-0.25, -0.2) is 0 Å². The maximum atomic E-state index is 2.38. The summed E-state index contributed by atoms with van der Waals surface area (Å²) in [5.74, 6) is 4.08. The first-order valence-corrected chi connectivity index (χ1v) is 11.5. The summed E-state index contributed by atoms with van der Waals surface area (Å²) >= 11 is 0. The summed E-state index contributed by atoms with van der Waals surface area (Å²) in [7, 11) is 0. The van der Waals surface area contributed by atoms with Gasteiger partial charge in [-0.3, -0.25) is 0 Å². The second kappa shape index (κ2) is 10.4. The monoisotopic (exact) mass is 350 g/mol. The van der Waals surface area contributed by atoms with E-state index >= 15 is 0 Å². The SMILES string of the molecule is CC(C)(C)C1CCCC1.CC(C)(C)C1CCCCC1.CC(C)C1CC1. The van der Waals surface area contributed by atoms with Crippen LogP contribution in [-0.2, 0) is 0 Å². The Morgan fingerprint density at radius 1 is 0.520 bits per heavy atom. The molecule has 0 N–H and O–H groups in total. The first-order valence-electron chi connectivity index (χ1n) is 11.5. The summed E-state index contributed by atoms with van der Waals surface area (Å²) < 4.78 is 0.